The third-order valence-corrected chi connectivity index (χ3v) is 5.10. The average molecular weight is 357 g/mol. The van der Waals surface area contributed by atoms with E-state index in [4.69, 9.17) is 16.6 Å². The molecule has 5 heteroatoms. The van der Waals surface area contributed by atoms with Crippen molar-refractivity contribution in [3.8, 4) is 0 Å². The quantitative estimate of drug-likeness (QED) is 0.265. The number of hydrogen-bond acceptors (Lipinski definition) is 4. The molecule has 0 aliphatic heterocycles. The molecule has 0 heterocycles. The lowest BCUT2D eigenvalue weighted by atomic mass is 9.89. The number of carboxylic acids is 1. The summed E-state index contributed by atoms with van der Waals surface area (Å²) >= 11 is 0. The Kier molecular flexibility index (Phi) is 13.7. The van der Waals surface area contributed by atoms with Gasteiger partial charge in [-0.15, -0.1) is 0 Å². The third-order valence-electron chi connectivity index (χ3n) is 5.10. The first-order valence-electron chi connectivity index (χ1n) is 10.2. The first-order valence-corrected chi connectivity index (χ1v) is 10.2. The molecule has 0 aromatic rings. The summed E-state index contributed by atoms with van der Waals surface area (Å²) in [5, 5.41) is 8.94. The van der Waals surface area contributed by atoms with Crippen molar-refractivity contribution in [3.63, 3.8) is 0 Å². The largest absolute Gasteiger partial charge is 0.479 e. The lowest BCUT2D eigenvalue weighted by Gasteiger charge is -2.25. The number of Topliss-reactive ketones (excluding diaryl/α,β-unsaturated/α-hetero) is 1. The maximum absolute atomic E-state index is 12.0. The van der Waals surface area contributed by atoms with Crippen LogP contribution in [0.2, 0.25) is 0 Å². The zero-order chi connectivity index (χ0) is 19.1. The second-order valence-corrected chi connectivity index (χ2v) is 7.42. The number of nitrogens with two attached hydrogens (primary N) is 2. The summed E-state index contributed by atoms with van der Waals surface area (Å²) in [4.78, 5) is 22.9. The molecule has 0 aromatic carbocycles. The van der Waals surface area contributed by atoms with Gasteiger partial charge in [0.25, 0.3) is 0 Å². The zero-order valence-corrected chi connectivity index (χ0v) is 16.4. The summed E-state index contributed by atoms with van der Waals surface area (Å²) in [7, 11) is 0. The van der Waals surface area contributed by atoms with E-state index in [0.717, 1.165) is 19.3 Å². The van der Waals surface area contributed by atoms with Crippen LogP contribution in [0.5, 0.6) is 0 Å². The van der Waals surface area contributed by atoms with Crippen LogP contribution in [0.1, 0.15) is 104 Å². The Morgan fingerprint density at radius 1 is 0.800 bits per heavy atom. The number of unbranched alkanes of at least 4 members (excludes halogenated alkanes) is 12. The summed E-state index contributed by atoms with van der Waals surface area (Å²) in [6.45, 7) is 3.74. The molecule has 25 heavy (non-hydrogen) atoms. The molecule has 0 spiro atoms. The van der Waals surface area contributed by atoms with Gasteiger partial charge in [0.15, 0.2) is 5.66 Å². The summed E-state index contributed by atoms with van der Waals surface area (Å²) in [5.41, 5.74) is 9.05. The van der Waals surface area contributed by atoms with E-state index in [9.17, 15) is 9.59 Å². The zero-order valence-electron chi connectivity index (χ0n) is 16.4. The van der Waals surface area contributed by atoms with Gasteiger partial charge in [-0.05, 0) is 6.42 Å². The van der Waals surface area contributed by atoms with Crippen molar-refractivity contribution in [3.05, 3.63) is 0 Å². The lowest BCUT2D eigenvalue weighted by Crippen LogP contribution is -2.62. The second-order valence-electron chi connectivity index (χ2n) is 7.42. The van der Waals surface area contributed by atoms with Crippen LogP contribution in [0.4, 0.5) is 0 Å². The number of rotatable bonds is 17. The predicted molar refractivity (Wildman–Crippen MR) is 103 cm³/mol. The molecule has 1 unspecified atom stereocenters. The van der Waals surface area contributed by atoms with Crippen molar-refractivity contribution in [1.29, 1.82) is 0 Å². The fourth-order valence-corrected chi connectivity index (χ4v) is 2.99. The van der Waals surface area contributed by atoms with Gasteiger partial charge in [-0.1, -0.05) is 90.9 Å². The van der Waals surface area contributed by atoms with Crippen LogP contribution in [0, 0.1) is 5.92 Å². The highest BCUT2D eigenvalue weighted by Crippen LogP contribution is 2.16. The van der Waals surface area contributed by atoms with Crippen LogP contribution < -0.4 is 11.5 Å². The van der Waals surface area contributed by atoms with Gasteiger partial charge in [0.1, 0.15) is 5.78 Å². The fourth-order valence-electron chi connectivity index (χ4n) is 2.99. The molecule has 0 aliphatic carbocycles. The Balaban J connectivity index is 3.49. The molecular formula is C20H40N2O3. The van der Waals surface area contributed by atoms with E-state index in [1.807, 2.05) is 0 Å². The van der Waals surface area contributed by atoms with Crippen molar-refractivity contribution >= 4 is 11.8 Å². The standard InChI is InChI=1S/C20H40N2O3/c1-3-4-5-6-7-8-9-10-11-12-13-14-15-16-18(23)17(2)20(21,22)19(24)25/h17H,3-16,21-22H2,1-2H3,(H,24,25). The normalized spacial score (nSPS) is 13.0. The molecule has 0 rings (SSSR count). The number of carbonyl (C=O) groups is 2. The maximum Gasteiger partial charge on any atom is 0.339 e. The van der Waals surface area contributed by atoms with E-state index >= 15 is 0 Å². The van der Waals surface area contributed by atoms with Crippen molar-refractivity contribution in [2.24, 2.45) is 17.4 Å². The van der Waals surface area contributed by atoms with Gasteiger partial charge >= 0.3 is 5.97 Å². The number of aliphatic carboxylic acids is 1. The van der Waals surface area contributed by atoms with Crippen LogP contribution in [-0.4, -0.2) is 22.5 Å². The molecule has 0 bridgehead atoms. The molecule has 0 amide bonds. The molecule has 5 nitrogen and oxygen atoms in total. The van der Waals surface area contributed by atoms with Gasteiger partial charge in [0, 0.05) is 6.42 Å². The number of carbonyl (C=O) groups excluding carboxylic acids is 1. The maximum atomic E-state index is 12.0. The van der Waals surface area contributed by atoms with Gasteiger partial charge in [0.2, 0.25) is 0 Å². The molecule has 0 radical (unpaired) electrons. The molecular weight excluding hydrogens is 316 g/mol. The van der Waals surface area contributed by atoms with E-state index < -0.39 is 17.6 Å². The van der Waals surface area contributed by atoms with Gasteiger partial charge in [-0.3, -0.25) is 4.79 Å². The highest BCUT2D eigenvalue weighted by atomic mass is 16.4. The Morgan fingerprint density at radius 2 is 1.16 bits per heavy atom. The van der Waals surface area contributed by atoms with E-state index in [-0.39, 0.29) is 5.78 Å². The first kappa shape index (κ1) is 24.1. The van der Waals surface area contributed by atoms with E-state index in [0.29, 0.717) is 6.42 Å². The van der Waals surface area contributed by atoms with Crippen LogP contribution >= 0.6 is 0 Å². The first-order chi connectivity index (χ1) is 11.8. The Morgan fingerprint density at radius 3 is 1.52 bits per heavy atom. The van der Waals surface area contributed by atoms with Crippen molar-refractivity contribution < 1.29 is 14.7 Å². The van der Waals surface area contributed by atoms with Gasteiger partial charge in [0.05, 0.1) is 5.92 Å². The Hall–Kier alpha value is -0.940. The third kappa shape index (κ3) is 11.3. The highest BCUT2D eigenvalue weighted by molar-refractivity contribution is 5.90. The molecule has 0 saturated heterocycles. The summed E-state index contributed by atoms with van der Waals surface area (Å²) in [6.07, 6.45) is 16.6. The van der Waals surface area contributed by atoms with Crippen molar-refractivity contribution in [1.82, 2.24) is 0 Å². The number of carboxylic acid groups (broad SMARTS) is 1. The van der Waals surface area contributed by atoms with Crippen LogP contribution in [0.25, 0.3) is 0 Å². The smallest absolute Gasteiger partial charge is 0.339 e. The van der Waals surface area contributed by atoms with E-state index in [2.05, 4.69) is 6.92 Å². The topological polar surface area (TPSA) is 106 Å². The monoisotopic (exact) mass is 356 g/mol. The molecule has 0 aliphatic rings. The molecule has 0 saturated carbocycles. The Labute approximate surface area is 153 Å². The Bertz CT molecular complexity index is 370. The second kappa shape index (κ2) is 14.3. The average Bonchev–Trinajstić information content (AvgIpc) is 2.57. The summed E-state index contributed by atoms with van der Waals surface area (Å²) < 4.78 is 0. The van der Waals surface area contributed by atoms with E-state index in [1.165, 1.54) is 71.1 Å². The molecule has 1 atom stereocenters. The van der Waals surface area contributed by atoms with Crippen molar-refractivity contribution in [2.45, 2.75) is 109 Å². The minimum atomic E-state index is -1.96. The lowest BCUT2D eigenvalue weighted by molar-refractivity contribution is -0.148. The minimum Gasteiger partial charge on any atom is -0.479 e. The predicted octanol–water partition coefficient (Wildman–Crippen LogP) is 4.37. The van der Waals surface area contributed by atoms with Gasteiger partial charge in [-0.2, -0.15) is 0 Å². The van der Waals surface area contributed by atoms with Crippen molar-refractivity contribution in [2.75, 3.05) is 0 Å². The van der Waals surface area contributed by atoms with Gasteiger partial charge < -0.3 is 16.6 Å². The molecule has 0 aromatic heterocycles. The molecule has 0 fully saturated rings. The summed E-state index contributed by atoms with van der Waals surface area (Å²) in [5.74, 6) is -2.35. The van der Waals surface area contributed by atoms with Gasteiger partial charge in [-0.25, -0.2) is 4.79 Å². The number of ketones is 1. The highest BCUT2D eigenvalue weighted by Gasteiger charge is 2.39. The number of hydrogen-bond donors (Lipinski definition) is 3. The summed E-state index contributed by atoms with van der Waals surface area (Å²) in [6, 6.07) is 0. The molecule has 148 valence electrons. The van der Waals surface area contributed by atoms with E-state index in [1.54, 1.807) is 0 Å². The van der Waals surface area contributed by atoms with Crippen LogP contribution in [0.3, 0.4) is 0 Å². The van der Waals surface area contributed by atoms with Crippen LogP contribution in [0.15, 0.2) is 0 Å². The fraction of sp³-hybridized carbons (Fsp3) is 0.900. The van der Waals surface area contributed by atoms with Crippen LogP contribution in [-0.2, 0) is 9.59 Å². The minimum absolute atomic E-state index is 0.157. The SMILES string of the molecule is CCCCCCCCCCCCCCCC(=O)C(C)C(N)(N)C(=O)O. The molecule has 5 N–H and O–H groups in total.